The summed E-state index contributed by atoms with van der Waals surface area (Å²) in [4.78, 5) is 11.5. The third kappa shape index (κ3) is 1.27. The van der Waals surface area contributed by atoms with Crippen LogP contribution in [0, 0.1) is 11.8 Å². The van der Waals surface area contributed by atoms with E-state index in [1.807, 2.05) is 0 Å². The number of ether oxygens (including phenoxy) is 1. The first kappa shape index (κ1) is 9.44. The van der Waals surface area contributed by atoms with Crippen LogP contribution in [-0.4, -0.2) is 11.6 Å². The molecule has 0 aromatic carbocycles. The first-order valence-electron chi connectivity index (χ1n) is 6.09. The van der Waals surface area contributed by atoms with Crippen LogP contribution < -0.4 is 0 Å². The fourth-order valence-electron chi connectivity index (χ4n) is 3.95. The van der Waals surface area contributed by atoms with Crippen LogP contribution in [0.5, 0.6) is 0 Å². The maximum absolute atomic E-state index is 11.5. The molecule has 1 spiro atoms. The molecule has 0 bridgehead atoms. The summed E-state index contributed by atoms with van der Waals surface area (Å²) < 4.78 is 5.77. The van der Waals surface area contributed by atoms with Crippen molar-refractivity contribution in [3.05, 3.63) is 12.2 Å². The number of hydrogen-bond acceptors (Lipinski definition) is 2. The van der Waals surface area contributed by atoms with Gasteiger partial charge in [0.1, 0.15) is 5.60 Å². The van der Waals surface area contributed by atoms with Crippen LogP contribution in [0.3, 0.4) is 0 Å². The Hall–Kier alpha value is -0.790. The number of rotatable bonds is 0. The van der Waals surface area contributed by atoms with E-state index in [0.717, 1.165) is 19.3 Å². The van der Waals surface area contributed by atoms with Gasteiger partial charge in [-0.25, -0.2) is 0 Å². The molecule has 3 aliphatic rings. The Morgan fingerprint density at radius 2 is 2.07 bits per heavy atom. The average molecular weight is 206 g/mol. The molecule has 2 heteroatoms. The SMILES string of the molecule is C=C1C[C@H]2CCC[C@@H]3CCC(=O)O[C@@]32C1. The van der Waals surface area contributed by atoms with Gasteiger partial charge in [-0.05, 0) is 31.6 Å². The standard InChI is InChI=1S/C13H18O2/c1-9-7-11-4-2-3-10-5-6-12(14)15-13(10,11)8-9/h10-11H,1-8H2/t10-,11-,13+/m1/s1. The lowest BCUT2D eigenvalue weighted by Crippen LogP contribution is -2.51. The van der Waals surface area contributed by atoms with Crippen LogP contribution >= 0.6 is 0 Å². The highest BCUT2D eigenvalue weighted by Crippen LogP contribution is 2.55. The summed E-state index contributed by atoms with van der Waals surface area (Å²) in [5.74, 6) is 1.22. The van der Waals surface area contributed by atoms with Crippen LogP contribution in [0.4, 0.5) is 0 Å². The smallest absolute Gasteiger partial charge is 0.306 e. The summed E-state index contributed by atoms with van der Waals surface area (Å²) >= 11 is 0. The van der Waals surface area contributed by atoms with Crippen LogP contribution in [0.25, 0.3) is 0 Å². The van der Waals surface area contributed by atoms with Crippen molar-refractivity contribution in [2.75, 3.05) is 0 Å². The third-order valence-corrected chi connectivity index (χ3v) is 4.55. The largest absolute Gasteiger partial charge is 0.458 e. The van der Waals surface area contributed by atoms with Gasteiger partial charge in [-0.15, -0.1) is 0 Å². The van der Waals surface area contributed by atoms with Gasteiger partial charge in [0.25, 0.3) is 0 Å². The van der Waals surface area contributed by atoms with E-state index < -0.39 is 0 Å². The maximum atomic E-state index is 11.5. The molecule has 1 heterocycles. The van der Waals surface area contributed by atoms with Crippen molar-refractivity contribution in [1.29, 1.82) is 0 Å². The summed E-state index contributed by atoms with van der Waals surface area (Å²) in [5, 5.41) is 0. The Morgan fingerprint density at radius 1 is 1.27 bits per heavy atom. The fraction of sp³-hybridized carbons (Fsp3) is 0.769. The molecule has 82 valence electrons. The van der Waals surface area contributed by atoms with Crippen molar-refractivity contribution in [3.8, 4) is 0 Å². The maximum Gasteiger partial charge on any atom is 0.306 e. The first-order valence-corrected chi connectivity index (χ1v) is 6.09. The van der Waals surface area contributed by atoms with Crippen molar-refractivity contribution in [1.82, 2.24) is 0 Å². The predicted molar refractivity (Wildman–Crippen MR) is 57.3 cm³/mol. The Kier molecular flexibility index (Phi) is 1.95. The molecule has 2 saturated carbocycles. The van der Waals surface area contributed by atoms with Crippen LogP contribution in [0.1, 0.15) is 44.9 Å². The first-order chi connectivity index (χ1) is 7.21. The van der Waals surface area contributed by atoms with E-state index in [0.29, 0.717) is 18.3 Å². The second-order valence-electron chi connectivity index (χ2n) is 5.42. The van der Waals surface area contributed by atoms with E-state index in [2.05, 4.69) is 6.58 Å². The lowest BCUT2D eigenvalue weighted by molar-refractivity contribution is -0.188. The summed E-state index contributed by atoms with van der Waals surface area (Å²) in [6.45, 7) is 4.10. The van der Waals surface area contributed by atoms with Gasteiger partial charge in [0, 0.05) is 18.8 Å². The summed E-state index contributed by atoms with van der Waals surface area (Å²) in [6.07, 6.45) is 7.48. The van der Waals surface area contributed by atoms with Gasteiger partial charge in [0.2, 0.25) is 0 Å². The van der Waals surface area contributed by atoms with E-state index >= 15 is 0 Å². The van der Waals surface area contributed by atoms with Crippen molar-refractivity contribution in [2.45, 2.75) is 50.5 Å². The topological polar surface area (TPSA) is 26.3 Å². The molecule has 3 rings (SSSR count). The van der Waals surface area contributed by atoms with Crippen LogP contribution in [0.2, 0.25) is 0 Å². The fourth-order valence-corrected chi connectivity index (χ4v) is 3.95. The molecule has 0 radical (unpaired) electrons. The van der Waals surface area contributed by atoms with Crippen LogP contribution in [0.15, 0.2) is 12.2 Å². The van der Waals surface area contributed by atoms with Gasteiger partial charge in [-0.2, -0.15) is 0 Å². The van der Waals surface area contributed by atoms with E-state index in [-0.39, 0.29) is 11.6 Å². The Bertz CT molecular complexity index is 318. The van der Waals surface area contributed by atoms with E-state index in [1.165, 1.54) is 24.8 Å². The number of carbonyl (C=O) groups is 1. The van der Waals surface area contributed by atoms with E-state index in [9.17, 15) is 4.79 Å². The highest BCUT2D eigenvalue weighted by molar-refractivity contribution is 5.71. The highest BCUT2D eigenvalue weighted by Gasteiger charge is 2.55. The monoisotopic (exact) mass is 206 g/mol. The molecule has 3 fully saturated rings. The Balaban J connectivity index is 1.96. The van der Waals surface area contributed by atoms with Gasteiger partial charge in [-0.1, -0.05) is 18.6 Å². The highest BCUT2D eigenvalue weighted by atomic mass is 16.6. The molecule has 3 atom stereocenters. The predicted octanol–water partition coefficient (Wildman–Crippen LogP) is 2.83. The normalized spacial score (nSPS) is 44.5. The summed E-state index contributed by atoms with van der Waals surface area (Å²) in [6, 6.07) is 0. The molecule has 0 aromatic rings. The van der Waals surface area contributed by atoms with Crippen molar-refractivity contribution in [2.24, 2.45) is 11.8 Å². The van der Waals surface area contributed by atoms with Crippen LogP contribution in [-0.2, 0) is 9.53 Å². The zero-order valence-corrected chi connectivity index (χ0v) is 9.13. The lowest BCUT2D eigenvalue weighted by atomic mass is 9.67. The van der Waals surface area contributed by atoms with Crippen molar-refractivity contribution < 1.29 is 9.53 Å². The molecule has 0 amide bonds. The third-order valence-electron chi connectivity index (χ3n) is 4.55. The second kappa shape index (κ2) is 3.10. The molecule has 15 heavy (non-hydrogen) atoms. The lowest BCUT2D eigenvalue weighted by Gasteiger charge is -2.47. The molecule has 0 aromatic heterocycles. The second-order valence-corrected chi connectivity index (χ2v) is 5.42. The average Bonchev–Trinajstić information content (AvgIpc) is 2.50. The molecular weight excluding hydrogens is 188 g/mol. The molecule has 2 nitrogen and oxygen atoms in total. The number of hydrogen-bond donors (Lipinski definition) is 0. The van der Waals surface area contributed by atoms with E-state index in [1.54, 1.807) is 0 Å². The zero-order chi connectivity index (χ0) is 10.5. The van der Waals surface area contributed by atoms with Crippen molar-refractivity contribution in [3.63, 3.8) is 0 Å². The minimum absolute atomic E-state index is 0.0212. The minimum Gasteiger partial charge on any atom is -0.458 e. The molecule has 2 aliphatic carbocycles. The summed E-state index contributed by atoms with van der Waals surface area (Å²) in [7, 11) is 0. The van der Waals surface area contributed by atoms with Gasteiger partial charge >= 0.3 is 5.97 Å². The van der Waals surface area contributed by atoms with Gasteiger partial charge in [0.05, 0.1) is 0 Å². The Labute approximate surface area is 90.7 Å². The minimum atomic E-state index is -0.120. The quantitative estimate of drug-likeness (QED) is 0.450. The van der Waals surface area contributed by atoms with Gasteiger partial charge in [-0.3, -0.25) is 4.79 Å². The number of carbonyl (C=O) groups excluding carboxylic acids is 1. The molecule has 1 aliphatic heterocycles. The zero-order valence-electron chi connectivity index (χ0n) is 9.13. The molecule has 1 saturated heterocycles. The summed E-state index contributed by atoms with van der Waals surface area (Å²) in [5.41, 5.74) is 1.17. The van der Waals surface area contributed by atoms with Crippen molar-refractivity contribution >= 4 is 5.97 Å². The van der Waals surface area contributed by atoms with Gasteiger partial charge < -0.3 is 4.74 Å². The Morgan fingerprint density at radius 3 is 2.93 bits per heavy atom. The van der Waals surface area contributed by atoms with E-state index in [4.69, 9.17) is 4.74 Å². The molecule has 0 unspecified atom stereocenters. The van der Waals surface area contributed by atoms with Gasteiger partial charge in [0.15, 0.2) is 0 Å². The number of esters is 1. The molecule has 0 N–H and O–H groups in total. The molecular formula is C13H18O2.